The van der Waals surface area contributed by atoms with Crippen LogP contribution in [0.15, 0.2) is 59.5 Å². The molecule has 154 valence electrons. The Balaban J connectivity index is 1.70. The van der Waals surface area contributed by atoms with Crippen molar-refractivity contribution < 1.29 is 17.6 Å². The molecule has 1 amide bonds. The van der Waals surface area contributed by atoms with Crippen LogP contribution in [0.2, 0.25) is 0 Å². The van der Waals surface area contributed by atoms with E-state index in [-0.39, 0.29) is 17.0 Å². The third kappa shape index (κ3) is 5.01. The molecule has 0 fully saturated rings. The molecule has 0 saturated heterocycles. The van der Waals surface area contributed by atoms with Gasteiger partial charge < -0.3 is 5.32 Å². The van der Waals surface area contributed by atoms with Crippen LogP contribution >= 0.6 is 0 Å². The maximum Gasteiger partial charge on any atom is 0.261 e. The number of benzene rings is 2. The lowest BCUT2D eigenvalue weighted by Crippen LogP contribution is -2.16. The van der Waals surface area contributed by atoms with Gasteiger partial charge in [-0.25, -0.2) is 17.5 Å². The van der Waals surface area contributed by atoms with Gasteiger partial charge in [0, 0.05) is 17.3 Å². The average molecular weight is 427 g/mol. The number of rotatable bonds is 7. The van der Waals surface area contributed by atoms with Crippen molar-refractivity contribution in [3.8, 4) is 6.07 Å². The summed E-state index contributed by atoms with van der Waals surface area (Å²) in [5, 5.41) is 15.7. The molecule has 0 radical (unpaired) electrons. The fourth-order valence-corrected chi connectivity index (χ4v) is 3.74. The SMILES string of the molecule is Cc1cc(NC(=O)c2ccc(NS(=O)(=O)c3ccc(F)cc3)cc2)n(CCC#N)n1. The van der Waals surface area contributed by atoms with Gasteiger partial charge in [-0.15, -0.1) is 0 Å². The maximum absolute atomic E-state index is 13.0. The number of aryl methyl sites for hydroxylation is 2. The number of amides is 1. The minimum atomic E-state index is -3.88. The van der Waals surface area contributed by atoms with Crippen molar-refractivity contribution in [3.05, 3.63) is 71.7 Å². The molecule has 0 unspecified atom stereocenters. The molecule has 0 spiro atoms. The number of aromatic nitrogens is 2. The Morgan fingerprint density at radius 1 is 1.17 bits per heavy atom. The lowest BCUT2D eigenvalue weighted by molar-refractivity contribution is 0.102. The van der Waals surface area contributed by atoms with Gasteiger partial charge >= 0.3 is 0 Å². The van der Waals surface area contributed by atoms with Crippen molar-refractivity contribution in [1.82, 2.24) is 9.78 Å². The summed E-state index contributed by atoms with van der Waals surface area (Å²) in [6, 6.07) is 14.0. The number of carbonyl (C=O) groups is 1. The third-order valence-corrected chi connectivity index (χ3v) is 5.50. The van der Waals surface area contributed by atoms with Crippen LogP contribution in [0.3, 0.4) is 0 Å². The summed E-state index contributed by atoms with van der Waals surface area (Å²) in [6.45, 7) is 2.13. The highest BCUT2D eigenvalue weighted by Gasteiger charge is 2.15. The summed E-state index contributed by atoms with van der Waals surface area (Å²) in [7, 11) is -3.88. The van der Waals surface area contributed by atoms with Crippen LogP contribution in [0.25, 0.3) is 0 Å². The predicted molar refractivity (Wildman–Crippen MR) is 109 cm³/mol. The number of halogens is 1. The van der Waals surface area contributed by atoms with Crippen molar-refractivity contribution in [1.29, 1.82) is 5.26 Å². The molecule has 0 bridgehead atoms. The molecule has 8 nitrogen and oxygen atoms in total. The van der Waals surface area contributed by atoms with E-state index < -0.39 is 21.7 Å². The molecule has 1 aromatic heterocycles. The van der Waals surface area contributed by atoms with Crippen LogP contribution in [0.1, 0.15) is 22.5 Å². The Hall–Kier alpha value is -3.71. The fraction of sp³-hybridized carbons (Fsp3) is 0.150. The lowest BCUT2D eigenvalue weighted by Gasteiger charge is -2.10. The minimum Gasteiger partial charge on any atom is -0.307 e. The van der Waals surface area contributed by atoms with Gasteiger partial charge in [0.2, 0.25) is 0 Å². The fourth-order valence-electron chi connectivity index (χ4n) is 2.68. The third-order valence-electron chi connectivity index (χ3n) is 4.10. The Morgan fingerprint density at radius 3 is 2.47 bits per heavy atom. The van der Waals surface area contributed by atoms with Crippen LogP contribution in [-0.4, -0.2) is 24.1 Å². The van der Waals surface area contributed by atoms with E-state index in [2.05, 4.69) is 15.1 Å². The van der Waals surface area contributed by atoms with E-state index >= 15 is 0 Å². The van der Waals surface area contributed by atoms with E-state index in [4.69, 9.17) is 5.26 Å². The maximum atomic E-state index is 13.0. The number of nitrogens with one attached hydrogen (secondary N) is 2. The summed E-state index contributed by atoms with van der Waals surface area (Å²) >= 11 is 0. The molecule has 0 aliphatic heterocycles. The van der Waals surface area contributed by atoms with Crippen LogP contribution in [0.5, 0.6) is 0 Å². The number of hydrogen-bond acceptors (Lipinski definition) is 5. The van der Waals surface area contributed by atoms with Crippen molar-refractivity contribution in [2.75, 3.05) is 10.0 Å². The predicted octanol–water partition coefficient (Wildman–Crippen LogP) is 3.30. The summed E-state index contributed by atoms with van der Waals surface area (Å²) in [5.41, 5.74) is 1.27. The molecule has 3 aromatic rings. The second-order valence-corrected chi connectivity index (χ2v) is 8.08. The van der Waals surface area contributed by atoms with Gasteiger partial charge in [0.1, 0.15) is 11.6 Å². The van der Waals surface area contributed by atoms with Gasteiger partial charge in [-0.05, 0) is 55.5 Å². The van der Waals surface area contributed by atoms with E-state index in [1.54, 1.807) is 17.7 Å². The summed E-state index contributed by atoms with van der Waals surface area (Å²) < 4.78 is 41.6. The van der Waals surface area contributed by atoms with E-state index in [1.165, 1.54) is 24.3 Å². The van der Waals surface area contributed by atoms with Gasteiger partial charge in [0.15, 0.2) is 0 Å². The first-order valence-electron chi connectivity index (χ1n) is 8.90. The van der Waals surface area contributed by atoms with Crippen LogP contribution in [0.4, 0.5) is 15.9 Å². The first kappa shape index (κ1) is 21.0. The van der Waals surface area contributed by atoms with Gasteiger partial charge in [0.05, 0.1) is 29.6 Å². The standard InChI is InChI=1S/C20H18FN5O3S/c1-14-13-19(26(24-14)12-2-11-22)23-20(27)15-3-7-17(8-4-15)25-30(28,29)18-9-5-16(21)6-10-18/h3-10,13,25H,2,12H2,1H3,(H,23,27). The highest BCUT2D eigenvalue weighted by Crippen LogP contribution is 2.18. The van der Waals surface area contributed by atoms with Crippen molar-refractivity contribution in [2.45, 2.75) is 24.8 Å². The van der Waals surface area contributed by atoms with Crippen molar-refractivity contribution in [3.63, 3.8) is 0 Å². The molecule has 0 aliphatic carbocycles. The molecular formula is C20H18FN5O3S. The zero-order chi connectivity index (χ0) is 21.7. The number of hydrogen-bond donors (Lipinski definition) is 2. The highest BCUT2D eigenvalue weighted by atomic mass is 32.2. The number of carbonyl (C=O) groups excluding carboxylic acids is 1. The van der Waals surface area contributed by atoms with Crippen LogP contribution < -0.4 is 10.0 Å². The molecule has 10 heteroatoms. The summed E-state index contributed by atoms with van der Waals surface area (Å²) in [6.07, 6.45) is 0.257. The topological polar surface area (TPSA) is 117 Å². The molecule has 0 aliphatic rings. The second-order valence-electron chi connectivity index (χ2n) is 6.39. The number of anilines is 2. The monoisotopic (exact) mass is 427 g/mol. The minimum absolute atomic E-state index is 0.0771. The Morgan fingerprint density at radius 2 is 1.83 bits per heavy atom. The van der Waals surface area contributed by atoms with Gasteiger partial charge in [0.25, 0.3) is 15.9 Å². The highest BCUT2D eigenvalue weighted by molar-refractivity contribution is 7.92. The van der Waals surface area contributed by atoms with Gasteiger partial charge in [-0.1, -0.05) is 0 Å². The smallest absolute Gasteiger partial charge is 0.261 e. The molecule has 3 rings (SSSR count). The average Bonchev–Trinajstić information content (AvgIpc) is 3.05. The van der Waals surface area contributed by atoms with E-state index in [9.17, 15) is 17.6 Å². The quantitative estimate of drug-likeness (QED) is 0.600. The zero-order valence-corrected chi connectivity index (χ0v) is 16.8. The normalized spacial score (nSPS) is 11.0. The molecule has 0 saturated carbocycles. The Labute approximate surface area is 173 Å². The lowest BCUT2D eigenvalue weighted by atomic mass is 10.2. The van der Waals surface area contributed by atoms with E-state index in [0.29, 0.717) is 23.6 Å². The molecule has 2 N–H and O–H groups in total. The van der Waals surface area contributed by atoms with Crippen LogP contribution in [-0.2, 0) is 16.6 Å². The van der Waals surface area contributed by atoms with Gasteiger partial charge in [-0.2, -0.15) is 10.4 Å². The molecule has 0 atom stereocenters. The molecular weight excluding hydrogens is 409 g/mol. The van der Waals surface area contributed by atoms with Crippen molar-refractivity contribution in [2.24, 2.45) is 0 Å². The summed E-state index contributed by atoms with van der Waals surface area (Å²) in [4.78, 5) is 12.4. The summed E-state index contributed by atoms with van der Waals surface area (Å²) in [5.74, 6) is -0.469. The van der Waals surface area contributed by atoms with Gasteiger partial charge in [-0.3, -0.25) is 9.52 Å². The first-order valence-corrected chi connectivity index (χ1v) is 10.4. The molecule has 1 heterocycles. The largest absolute Gasteiger partial charge is 0.307 e. The second kappa shape index (κ2) is 8.75. The molecule has 30 heavy (non-hydrogen) atoms. The Kier molecular flexibility index (Phi) is 6.13. The van der Waals surface area contributed by atoms with Crippen molar-refractivity contribution >= 4 is 27.4 Å². The first-order chi connectivity index (χ1) is 14.3. The molecule has 2 aromatic carbocycles. The Bertz CT molecular complexity index is 1200. The number of nitriles is 1. The van der Waals surface area contributed by atoms with E-state index in [0.717, 1.165) is 24.3 Å². The number of sulfonamides is 1. The van der Waals surface area contributed by atoms with Crippen LogP contribution in [0, 0.1) is 24.1 Å². The zero-order valence-electron chi connectivity index (χ0n) is 16.0. The van der Waals surface area contributed by atoms with E-state index in [1.807, 2.05) is 6.07 Å². The number of nitrogens with zero attached hydrogens (tertiary/aromatic N) is 3.